The number of hydrogen-bond donors (Lipinski definition) is 0. The standard InChI is InChI=1S/C6H4N2OSe/c9-10-2-1-5-6(10)3-7-4-8-5/h1-4H. The van der Waals surface area contributed by atoms with Gasteiger partial charge in [-0.3, -0.25) is 0 Å². The van der Waals surface area contributed by atoms with Gasteiger partial charge in [0.2, 0.25) is 0 Å². The van der Waals surface area contributed by atoms with Crippen molar-refractivity contribution in [1.29, 1.82) is 0 Å². The molecule has 1 atom stereocenters. The Hall–Kier alpha value is -0.861. The van der Waals surface area contributed by atoms with Gasteiger partial charge in [-0.1, -0.05) is 0 Å². The van der Waals surface area contributed by atoms with E-state index >= 15 is 0 Å². The van der Waals surface area contributed by atoms with Crippen LogP contribution in [0.25, 0.3) is 6.08 Å². The van der Waals surface area contributed by atoms with Gasteiger partial charge < -0.3 is 0 Å². The van der Waals surface area contributed by atoms with Gasteiger partial charge in [-0.25, -0.2) is 0 Å². The Morgan fingerprint density at radius 2 is 2.40 bits per heavy atom. The molecule has 0 saturated heterocycles. The molecule has 0 spiro atoms. The van der Waals surface area contributed by atoms with Crippen molar-refractivity contribution in [3.63, 3.8) is 0 Å². The minimum absolute atomic E-state index is 0.808. The molecule has 0 fully saturated rings. The minimum atomic E-state index is -1.88. The second-order valence-corrected chi connectivity index (χ2v) is 4.61. The fourth-order valence-corrected chi connectivity index (χ4v) is 2.67. The van der Waals surface area contributed by atoms with Crippen LogP contribution in [0.4, 0.5) is 0 Å². The molecule has 1 aliphatic heterocycles. The first-order valence-electron chi connectivity index (χ1n) is 2.77. The third-order valence-corrected chi connectivity index (χ3v) is 3.65. The van der Waals surface area contributed by atoms with Gasteiger partial charge in [-0.05, 0) is 0 Å². The molecule has 0 radical (unpaired) electrons. The Kier molecular flexibility index (Phi) is 1.22. The summed E-state index contributed by atoms with van der Waals surface area (Å²) in [5.41, 5.74) is 0.815. The maximum atomic E-state index is 11.1. The Labute approximate surface area is 61.9 Å². The van der Waals surface area contributed by atoms with Crippen LogP contribution in [-0.4, -0.2) is 23.8 Å². The van der Waals surface area contributed by atoms with Crippen LogP contribution in [0.2, 0.25) is 0 Å². The van der Waals surface area contributed by atoms with E-state index in [0.717, 1.165) is 10.2 Å². The summed E-state index contributed by atoms with van der Waals surface area (Å²) < 4.78 is 11.9. The molecular formula is C6H4N2OSe. The summed E-state index contributed by atoms with van der Waals surface area (Å²) in [7, 11) is 0. The van der Waals surface area contributed by atoms with Crippen LogP contribution >= 0.6 is 0 Å². The zero-order valence-corrected chi connectivity index (χ0v) is 6.73. The summed E-state index contributed by atoms with van der Waals surface area (Å²) in [5.74, 6) is 0. The van der Waals surface area contributed by atoms with E-state index in [0.29, 0.717) is 0 Å². The van der Waals surface area contributed by atoms with Gasteiger partial charge >= 0.3 is 61.4 Å². The first-order valence-corrected chi connectivity index (χ1v) is 5.31. The second kappa shape index (κ2) is 2.08. The number of rotatable bonds is 0. The monoisotopic (exact) mass is 200 g/mol. The summed E-state index contributed by atoms with van der Waals surface area (Å²) in [4.78, 5) is 9.44. The third-order valence-electron chi connectivity index (χ3n) is 1.27. The fourth-order valence-electron chi connectivity index (χ4n) is 0.806. The molecule has 2 heterocycles. The number of aromatic nitrogens is 2. The SMILES string of the molecule is O=[Se]1C=Cc2ncncc21. The summed E-state index contributed by atoms with van der Waals surface area (Å²) in [5, 5.41) is 0. The normalized spacial score (nSPS) is 21.0. The molecule has 0 aromatic carbocycles. The van der Waals surface area contributed by atoms with Gasteiger partial charge in [0.25, 0.3) is 0 Å². The van der Waals surface area contributed by atoms with Gasteiger partial charge in [-0.2, -0.15) is 0 Å². The van der Waals surface area contributed by atoms with Crippen LogP contribution in [0.5, 0.6) is 0 Å². The molecule has 0 saturated carbocycles. The molecule has 1 aliphatic rings. The van der Waals surface area contributed by atoms with E-state index in [2.05, 4.69) is 9.97 Å². The topological polar surface area (TPSA) is 42.9 Å². The van der Waals surface area contributed by atoms with Crippen molar-refractivity contribution in [3.05, 3.63) is 23.2 Å². The molecule has 0 N–H and O–H groups in total. The van der Waals surface area contributed by atoms with Crippen molar-refractivity contribution >= 4 is 24.4 Å². The van der Waals surface area contributed by atoms with E-state index < -0.39 is 13.8 Å². The van der Waals surface area contributed by atoms with Gasteiger partial charge in [0.05, 0.1) is 0 Å². The molecule has 0 bridgehead atoms. The summed E-state index contributed by atoms with van der Waals surface area (Å²) >= 11 is -1.88. The van der Waals surface area contributed by atoms with Crippen molar-refractivity contribution in [2.24, 2.45) is 0 Å². The molecule has 3 nitrogen and oxygen atoms in total. The van der Waals surface area contributed by atoms with E-state index in [9.17, 15) is 3.83 Å². The molecule has 4 heteroatoms. The number of fused-ring (bicyclic) bond motifs is 1. The van der Waals surface area contributed by atoms with Crippen molar-refractivity contribution in [2.75, 3.05) is 0 Å². The van der Waals surface area contributed by atoms with E-state index in [4.69, 9.17) is 0 Å². The second-order valence-electron chi connectivity index (χ2n) is 1.87. The average Bonchev–Trinajstić information content (AvgIpc) is 2.34. The molecule has 1 aromatic heterocycles. The van der Waals surface area contributed by atoms with Crippen molar-refractivity contribution in [1.82, 2.24) is 9.97 Å². The van der Waals surface area contributed by atoms with Crippen LogP contribution in [0.15, 0.2) is 17.5 Å². The molecular weight excluding hydrogens is 195 g/mol. The van der Waals surface area contributed by atoms with Crippen LogP contribution in [0, 0.1) is 0 Å². The molecule has 10 heavy (non-hydrogen) atoms. The molecule has 0 aliphatic carbocycles. The molecule has 2 rings (SSSR count). The van der Waals surface area contributed by atoms with Crippen LogP contribution in [0.3, 0.4) is 0 Å². The van der Waals surface area contributed by atoms with Crippen LogP contribution < -0.4 is 4.46 Å². The Bertz CT molecular complexity index is 321. The van der Waals surface area contributed by atoms with Gasteiger partial charge in [0.1, 0.15) is 0 Å². The van der Waals surface area contributed by atoms with Gasteiger partial charge in [0, 0.05) is 0 Å². The Morgan fingerprint density at radius 3 is 3.20 bits per heavy atom. The van der Waals surface area contributed by atoms with Gasteiger partial charge in [-0.15, -0.1) is 0 Å². The van der Waals surface area contributed by atoms with Crippen LogP contribution in [-0.2, 0) is 3.83 Å². The quantitative estimate of drug-likeness (QED) is 0.537. The first kappa shape index (κ1) is 5.89. The summed E-state index contributed by atoms with van der Waals surface area (Å²) in [6.07, 6.45) is 4.88. The molecule has 1 unspecified atom stereocenters. The summed E-state index contributed by atoms with van der Waals surface area (Å²) in [6.45, 7) is 0. The maximum absolute atomic E-state index is 11.1. The van der Waals surface area contributed by atoms with E-state index in [1.165, 1.54) is 6.33 Å². The van der Waals surface area contributed by atoms with E-state index in [1.54, 1.807) is 17.2 Å². The third kappa shape index (κ3) is 0.735. The fraction of sp³-hybridized carbons (Fsp3) is 0. The Morgan fingerprint density at radius 1 is 1.50 bits per heavy atom. The number of nitrogens with zero attached hydrogens (tertiary/aromatic N) is 2. The predicted molar refractivity (Wildman–Crippen MR) is 37.1 cm³/mol. The van der Waals surface area contributed by atoms with Crippen molar-refractivity contribution in [3.8, 4) is 0 Å². The van der Waals surface area contributed by atoms with Gasteiger partial charge in [0.15, 0.2) is 0 Å². The molecule has 0 amide bonds. The Balaban J connectivity index is 2.70. The van der Waals surface area contributed by atoms with Crippen molar-refractivity contribution in [2.45, 2.75) is 0 Å². The van der Waals surface area contributed by atoms with E-state index in [-0.39, 0.29) is 0 Å². The van der Waals surface area contributed by atoms with E-state index in [1.807, 2.05) is 0 Å². The number of hydrogen-bond acceptors (Lipinski definition) is 3. The zero-order valence-electron chi connectivity index (χ0n) is 5.02. The molecule has 50 valence electrons. The predicted octanol–water partition coefficient (Wildman–Crippen LogP) is -0.328. The zero-order chi connectivity index (χ0) is 6.97. The first-order chi connectivity index (χ1) is 4.88. The van der Waals surface area contributed by atoms with Crippen LogP contribution in [0.1, 0.15) is 5.69 Å². The average molecular weight is 199 g/mol. The summed E-state index contributed by atoms with van der Waals surface area (Å²) in [6, 6.07) is 0. The molecule has 1 aromatic rings. The van der Waals surface area contributed by atoms with Crippen molar-refractivity contribution < 1.29 is 3.83 Å².